The SMILES string of the molecule is COc1c(C(C)(C)N)cccc1S(C)(=O)=O. The van der Waals surface area contributed by atoms with Crippen molar-refractivity contribution in [2.75, 3.05) is 13.4 Å². The van der Waals surface area contributed by atoms with Crippen LogP contribution >= 0.6 is 0 Å². The van der Waals surface area contributed by atoms with E-state index in [9.17, 15) is 8.42 Å². The van der Waals surface area contributed by atoms with Gasteiger partial charge in [0.2, 0.25) is 0 Å². The van der Waals surface area contributed by atoms with E-state index in [1.54, 1.807) is 26.0 Å². The average Bonchev–Trinajstić information content (AvgIpc) is 2.13. The molecule has 0 heterocycles. The molecule has 0 unspecified atom stereocenters. The van der Waals surface area contributed by atoms with E-state index >= 15 is 0 Å². The lowest BCUT2D eigenvalue weighted by Gasteiger charge is -2.23. The number of para-hydroxylation sites is 1. The third-order valence-electron chi connectivity index (χ3n) is 2.28. The van der Waals surface area contributed by atoms with Crippen LogP contribution in [0.15, 0.2) is 23.1 Å². The van der Waals surface area contributed by atoms with E-state index in [4.69, 9.17) is 10.5 Å². The van der Waals surface area contributed by atoms with Gasteiger partial charge in [0, 0.05) is 17.4 Å². The molecule has 0 atom stereocenters. The summed E-state index contributed by atoms with van der Waals surface area (Å²) in [5.41, 5.74) is 6.00. The largest absolute Gasteiger partial charge is 0.495 e. The highest BCUT2D eigenvalue weighted by molar-refractivity contribution is 7.90. The van der Waals surface area contributed by atoms with Crippen molar-refractivity contribution in [2.24, 2.45) is 5.73 Å². The van der Waals surface area contributed by atoms with Crippen LogP contribution in [-0.4, -0.2) is 21.8 Å². The third kappa shape index (κ3) is 2.54. The second-order valence-electron chi connectivity index (χ2n) is 4.33. The summed E-state index contributed by atoms with van der Waals surface area (Å²) >= 11 is 0. The molecule has 16 heavy (non-hydrogen) atoms. The van der Waals surface area contributed by atoms with E-state index in [1.807, 2.05) is 0 Å². The van der Waals surface area contributed by atoms with Crippen LogP contribution in [0.3, 0.4) is 0 Å². The Labute approximate surface area is 96.3 Å². The lowest BCUT2D eigenvalue weighted by molar-refractivity contribution is 0.383. The molecule has 0 spiro atoms. The molecule has 0 aromatic heterocycles. The van der Waals surface area contributed by atoms with Crippen LogP contribution in [0.1, 0.15) is 19.4 Å². The number of nitrogens with two attached hydrogens (primary N) is 1. The van der Waals surface area contributed by atoms with Gasteiger partial charge in [-0.25, -0.2) is 8.42 Å². The molecule has 90 valence electrons. The maximum atomic E-state index is 11.6. The van der Waals surface area contributed by atoms with Crippen molar-refractivity contribution in [3.63, 3.8) is 0 Å². The summed E-state index contributed by atoms with van der Waals surface area (Å²) in [6.07, 6.45) is 1.15. The van der Waals surface area contributed by atoms with Gasteiger partial charge in [-0.05, 0) is 19.9 Å². The van der Waals surface area contributed by atoms with Crippen LogP contribution < -0.4 is 10.5 Å². The summed E-state index contributed by atoms with van der Waals surface area (Å²) in [4.78, 5) is 0.172. The number of benzene rings is 1. The zero-order valence-electron chi connectivity index (χ0n) is 9.94. The van der Waals surface area contributed by atoms with Crippen LogP contribution in [0.5, 0.6) is 5.75 Å². The van der Waals surface area contributed by atoms with Gasteiger partial charge in [0.1, 0.15) is 10.6 Å². The van der Waals surface area contributed by atoms with E-state index in [2.05, 4.69) is 0 Å². The topological polar surface area (TPSA) is 69.4 Å². The molecule has 0 radical (unpaired) electrons. The summed E-state index contributed by atoms with van der Waals surface area (Å²) in [6.45, 7) is 3.60. The van der Waals surface area contributed by atoms with Crippen LogP contribution in [0.2, 0.25) is 0 Å². The lowest BCUT2D eigenvalue weighted by atomic mass is 9.95. The highest BCUT2D eigenvalue weighted by Crippen LogP contribution is 2.33. The molecular formula is C11H17NO3S. The molecule has 0 saturated carbocycles. The zero-order valence-corrected chi connectivity index (χ0v) is 10.8. The van der Waals surface area contributed by atoms with Gasteiger partial charge >= 0.3 is 0 Å². The van der Waals surface area contributed by atoms with Gasteiger partial charge in [0.15, 0.2) is 9.84 Å². The number of methoxy groups -OCH3 is 1. The molecule has 0 aliphatic heterocycles. The van der Waals surface area contributed by atoms with E-state index < -0.39 is 15.4 Å². The Morgan fingerprint density at radius 1 is 1.31 bits per heavy atom. The molecule has 4 nitrogen and oxygen atoms in total. The van der Waals surface area contributed by atoms with Crippen molar-refractivity contribution in [1.29, 1.82) is 0 Å². The molecule has 0 aliphatic rings. The van der Waals surface area contributed by atoms with Crippen molar-refractivity contribution < 1.29 is 13.2 Å². The molecule has 1 aromatic rings. The second kappa shape index (κ2) is 4.07. The number of ether oxygens (including phenoxy) is 1. The molecule has 2 N–H and O–H groups in total. The van der Waals surface area contributed by atoms with E-state index in [0.717, 1.165) is 6.26 Å². The molecule has 0 saturated heterocycles. The summed E-state index contributed by atoms with van der Waals surface area (Å²) in [5, 5.41) is 0. The highest BCUT2D eigenvalue weighted by Gasteiger charge is 2.24. The average molecular weight is 243 g/mol. The molecule has 0 aliphatic carbocycles. The van der Waals surface area contributed by atoms with Gasteiger partial charge in [-0.15, -0.1) is 0 Å². The van der Waals surface area contributed by atoms with Crippen LogP contribution in [-0.2, 0) is 15.4 Å². The van der Waals surface area contributed by atoms with Crippen molar-refractivity contribution in [1.82, 2.24) is 0 Å². The Balaban J connectivity index is 3.57. The van der Waals surface area contributed by atoms with Crippen LogP contribution in [0.25, 0.3) is 0 Å². The standard InChI is InChI=1S/C11H17NO3S/c1-11(2,12)8-6-5-7-9(10(8)15-3)16(4,13)14/h5-7H,12H2,1-4H3. The van der Waals surface area contributed by atoms with E-state index in [-0.39, 0.29) is 4.90 Å². The van der Waals surface area contributed by atoms with Gasteiger partial charge < -0.3 is 10.5 Å². The third-order valence-corrected chi connectivity index (χ3v) is 3.40. The Kier molecular flexibility index (Phi) is 3.30. The van der Waals surface area contributed by atoms with E-state index in [1.165, 1.54) is 13.2 Å². The Hall–Kier alpha value is -1.07. The van der Waals surface area contributed by atoms with Gasteiger partial charge in [-0.1, -0.05) is 12.1 Å². The molecule has 0 fully saturated rings. The number of sulfone groups is 1. The Bertz CT molecular complexity index is 486. The van der Waals surface area contributed by atoms with Crippen molar-refractivity contribution >= 4 is 9.84 Å². The molecule has 1 rings (SSSR count). The van der Waals surface area contributed by atoms with Crippen molar-refractivity contribution in [3.05, 3.63) is 23.8 Å². The Morgan fingerprint density at radius 2 is 1.88 bits per heavy atom. The monoisotopic (exact) mass is 243 g/mol. The van der Waals surface area contributed by atoms with E-state index in [0.29, 0.717) is 11.3 Å². The summed E-state index contributed by atoms with van der Waals surface area (Å²) < 4.78 is 28.3. The number of hydrogen-bond acceptors (Lipinski definition) is 4. The molecule has 5 heteroatoms. The number of rotatable bonds is 3. The fraction of sp³-hybridized carbons (Fsp3) is 0.455. The maximum absolute atomic E-state index is 11.6. The quantitative estimate of drug-likeness (QED) is 0.868. The predicted molar refractivity (Wildman–Crippen MR) is 63.3 cm³/mol. The molecule has 1 aromatic carbocycles. The van der Waals surface area contributed by atoms with Gasteiger partial charge in [0.05, 0.1) is 7.11 Å². The molecule has 0 bridgehead atoms. The van der Waals surface area contributed by atoms with Gasteiger partial charge in [-0.2, -0.15) is 0 Å². The number of hydrogen-bond donors (Lipinski definition) is 1. The zero-order chi connectivity index (χ0) is 12.6. The summed E-state index contributed by atoms with van der Waals surface area (Å²) in [7, 11) is -1.87. The summed E-state index contributed by atoms with van der Waals surface area (Å²) in [5.74, 6) is 0.331. The van der Waals surface area contributed by atoms with Crippen LogP contribution in [0.4, 0.5) is 0 Å². The predicted octanol–water partition coefficient (Wildman–Crippen LogP) is 1.29. The smallest absolute Gasteiger partial charge is 0.179 e. The van der Waals surface area contributed by atoms with Crippen molar-refractivity contribution in [3.8, 4) is 5.75 Å². The fourth-order valence-corrected chi connectivity index (χ4v) is 2.38. The first-order valence-corrected chi connectivity index (χ1v) is 6.73. The Morgan fingerprint density at radius 3 is 2.25 bits per heavy atom. The maximum Gasteiger partial charge on any atom is 0.179 e. The first kappa shape index (κ1) is 13.0. The molecule has 0 amide bonds. The van der Waals surface area contributed by atoms with Crippen LogP contribution in [0, 0.1) is 0 Å². The molecular weight excluding hydrogens is 226 g/mol. The normalized spacial score (nSPS) is 12.6. The summed E-state index contributed by atoms with van der Waals surface area (Å²) in [6, 6.07) is 4.96. The first-order chi connectivity index (χ1) is 7.18. The minimum absolute atomic E-state index is 0.172. The highest BCUT2D eigenvalue weighted by atomic mass is 32.2. The minimum Gasteiger partial charge on any atom is -0.495 e. The minimum atomic E-state index is -3.31. The van der Waals surface area contributed by atoms with Gasteiger partial charge in [-0.3, -0.25) is 0 Å². The lowest BCUT2D eigenvalue weighted by Crippen LogP contribution is -2.29. The first-order valence-electron chi connectivity index (χ1n) is 4.84. The van der Waals surface area contributed by atoms with Crippen molar-refractivity contribution in [2.45, 2.75) is 24.3 Å². The fourth-order valence-electron chi connectivity index (χ4n) is 1.53. The van der Waals surface area contributed by atoms with Gasteiger partial charge in [0.25, 0.3) is 0 Å². The second-order valence-corrected chi connectivity index (χ2v) is 6.31.